The fourth-order valence-electron chi connectivity index (χ4n) is 4.56. The summed E-state index contributed by atoms with van der Waals surface area (Å²) < 4.78 is 12.4. The van der Waals surface area contributed by atoms with Gasteiger partial charge in [0.2, 0.25) is 0 Å². The zero-order valence-corrected chi connectivity index (χ0v) is 23.3. The van der Waals surface area contributed by atoms with Crippen molar-refractivity contribution < 1.29 is 19.4 Å². The number of carbonyl (C=O) groups is 1. The molecule has 5 aromatic carbocycles. The Labute approximate surface area is 241 Å². The third-order valence-electron chi connectivity index (χ3n) is 6.60. The Kier molecular flexibility index (Phi) is 8.24. The van der Waals surface area contributed by atoms with E-state index < -0.39 is 11.5 Å². The average Bonchev–Trinajstić information content (AvgIpc) is 3.00. The summed E-state index contributed by atoms with van der Waals surface area (Å²) in [7, 11) is 1.56. The summed E-state index contributed by atoms with van der Waals surface area (Å²) in [6.07, 6.45) is 1.48. The fraction of sp³-hybridized carbons (Fsp3) is 0.0909. The molecule has 0 fully saturated rings. The second-order valence-electron chi connectivity index (χ2n) is 9.10. The standard InChI is InChI=1S/C33H27BrN2O4/c1-39-30-20-23(19-29(34)31(30)40-22-25-13-10-12-24-11-8-9-18-28(24)25)21-35-36-32(37)33(38,26-14-4-2-5-15-26)27-16-6-3-7-17-27/h2-21,38H,22H2,1H3,(H,36,37)/b35-21-. The van der Waals surface area contributed by atoms with Gasteiger partial charge < -0.3 is 14.6 Å². The Hall–Kier alpha value is -4.46. The van der Waals surface area contributed by atoms with Crippen LogP contribution < -0.4 is 14.9 Å². The molecule has 40 heavy (non-hydrogen) atoms. The van der Waals surface area contributed by atoms with Gasteiger partial charge in [-0.3, -0.25) is 4.79 Å². The first-order valence-electron chi connectivity index (χ1n) is 12.6. The van der Waals surface area contributed by atoms with Crippen LogP contribution in [0.25, 0.3) is 10.8 Å². The minimum absolute atomic E-state index is 0.358. The molecule has 7 heteroatoms. The lowest BCUT2D eigenvalue weighted by Crippen LogP contribution is -2.43. The van der Waals surface area contributed by atoms with E-state index in [0.29, 0.717) is 39.3 Å². The number of rotatable bonds is 9. The molecule has 0 aromatic heterocycles. The van der Waals surface area contributed by atoms with Crippen LogP contribution >= 0.6 is 15.9 Å². The average molecular weight is 595 g/mol. The molecule has 0 aliphatic heterocycles. The van der Waals surface area contributed by atoms with Crippen LogP contribution in [0.15, 0.2) is 125 Å². The van der Waals surface area contributed by atoms with E-state index in [4.69, 9.17) is 9.47 Å². The van der Waals surface area contributed by atoms with Gasteiger partial charge in [0.1, 0.15) is 6.61 Å². The van der Waals surface area contributed by atoms with E-state index in [2.05, 4.69) is 44.7 Å². The predicted octanol–water partition coefficient (Wildman–Crippen LogP) is 6.58. The lowest BCUT2D eigenvalue weighted by atomic mass is 9.85. The van der Waals surface area contributed by atoms with Gasteiger partial charge in [-0.1, -0.05) is 103 Å². The summed E-state index contributed by atoms with van der Waals surface area (Å²) in [6.45, 7) is 0.358. The normalized spacial score (nSPS) is 11.5. The Bertz CT molecular complexity index is 1610. The van der Waals surface area contributed by atoms with Gasteiger partial charge in [0.25, 0.3) is 5.91 Å². The quantitative estimate of drug-likeness (QED) is 0.149. The summed E-state index contributed by atoms with van der Waals surface area (Å²) in [6, 6.07) is 35.4. The molecule has 0 saturated heterocycles. The van der Waals surface area contributed by atoms with E-state index in [1.54, 1.807) is 61.7 Å². The number of halogens is 1. The highest BCUT2D eigenvalue weighted by Gasteiger charge is 2.39. The number of ether oxygens (including phenoxy) is 2. The van der Waals surface area contributed by atoms with Crippen molar-refractivity contribution in [1.82, 2.24) is 5.43 Å². The van der Waals surface area contributed by atoms with E-state index in [1.165, 1.54) is 6.21 Å². The number of fused-ring (bicyclic) bond motifs is 1. The second-order valence-corrected chi connectivity index (χ2v) is 9.96. The Morgan fingerprint density at radius 2 is 1.52 bits per heavy atom. The molecular formula is C33H27BrN2O4. The number of hydrazone groups is 1. The number of methoxy groups -OCH3 is 1. The molecule has 0 spiro atoms. The SMILES string of the molecule is COc1cc(/C=N\NC(=O)C(O)(c2ccccc2)c2ccccc2)cc(Br)c1OCc1cccc2ccccc12. The Balaban J connectivity index is 1.34. The summed E-state index contributed by atoms with van der Waals surface area (Å²) in [5.41, 5.74) is 3.17. The summed E-state index contributed by atoms with van der Waals surface area (Å²) in [5.74, 6) is 0.383. The largest absolute Gasteiger partial charge is 0.493 e. The maximum Gasteiger partial charge on any atom is 0.281 e. The van der Waals surface area contributed by atoms with E-state index in [-0.39, 0.29) is 0 Å². The summed E-state index contributed by atoms with van der Waals surface area (Å²) in [5, 5.41) is 18.0. The number of amides is 1. The number of hydrogen-bond acceptors (Lipinski definition) is 5. The van der Waals surface area contributed by atoms with Crippen molar-refractivity contribution in [3.8, 4) is 11.5 Å². The van der Waals surface area contributed by atoms with Crippen molar-refractivity contribution >= 4 is 38.8 Å². The first-order chi connectivity index (χ1) is 19.5. The molecule has 1 amide bonds. The molecule has 0 radical (unpaired) electrons. The van der Waals surface area contributed by atoms with E-state index in [9.17, 15) is 9.90 Å². The molecule has 5 rings (SSSR count). The number of nitrogens with zero attached hydrogens (tertiary/aromatic N) is 1. The molecule has 0 aliphatic rings. The van der Waals surface area contributed by atoms with Crippen molar-refractivity contribution in [3.63, 3.8) is 0 Å². The molecule has 0 atom stereocenters. The van der Waals surface area contributed by atoms with Gasteiger partial charge in [0.15, 0.2) is 17.1 Å². The first kappa shape index (κ1) is 27.1. The number of benzene rings is 5. The third-order valence-corrected chi connectivity index (χ3v) is 7.18. The highest BCUT2D eigenvalue weighted by molar-refractivity contribution is 9.10. The molecule has 5 aromatic rings. The van der Waals surface area contributed by atoms with Crippen LogP contribution in [0.3, 0.4) is 0 Å². The van der Waals surface area contributed by atoms with Crippen molar-refractivity contribution in [2.75, 3.05) is 7.11 Å². The number of carbonyl (C=O) groups excluding carboxylic acids is 1. The monoisotopic (exact) mass is 594 g/mol. The first-order valence-corrected chi connectivity index (χ1v) is 13.4. The van der Waals surface area contributed by atoms with Gasteiger partial charge >= 0.3 is 0 Å². The van der Waals surface area contributed by atoms with Crippen LogP contribution in [-0.4, -0.2) is 24.3 Å². The minimum Gasteiger partial charge on any atom is -0.493 e. The Morgan fingerprint density at radius 3 is 2.20 bits per heavy atom. The highest BCUT2D eigenvalue weighted by atomic mass is 79.9. The number of aliphatic hydroxyl groups is 1. The summed E-state index contributed by atoms with van der Waals surface area (Å²) in [4.78, 5) is 13.3. The van der Waals surface area contributed by atoms with E-state index in [1.807, 2.05) is 42.5 Å². The van der Waals surface area contributed by atoms with Crippen molar-refractivity contribution in [1.29, 1.82) is 0 Å². The molecule has 0 aliphatic carbocycles. The minimum atomic E-state index is -1.92. The van der Waals surface area contributed by atoms with E-state index in [0.717, 1.165) is 16.3 Å². The van der Waals surface area contributed by atoms with Gasteiger partial charge in [0.05, 0.1) is 17.8 Å². The topological polar surface area (TPSA) is 80.2 Å². The van der Waals surface area contributed by atoms with Crippen LogP contribution in [0.1, 0.15) is 22.3 Å². The molecule has 200 valence electrons. The molecule has 0 heterocycles. The molecule has 2 N–H and O–H groups in total. The maximum atomic E-state index is 13.3. The predicted molar refractivity (Wildman–Crippen MR) is 161 cm³/mol. The van der Waals surface area contributed by atoms with Crippen LogP contribution in [-0.2, 0) is 17.0 Å². The van der Waals surface area contributed by atoms with Gasteiger partial charge in [-0.15, -0.1) is 0 Å². The fourth-order valence-corrected chi connectivity index (χ4v) is 5.13. The zero-order valence-electron chi connectivity index (χ0n) is 21.8. The molecule has 0 unspecified atom stereocenters. The van der Waals surface area contributed by atoms with E-state index >= 15 is 0 Å². The van der Waals surface area contributed by atoms with Crippen LogP contribution in [0.4, 0.5) is 0 Å². The molecule has 0 saturated carbocycles. The number of nitrogens with one attached hydrogen (secondary N) is 1. The van der Waals surface area contributed by atoms with Crippen LogP contribution in [0.2, 0.25) is 0 Å². The van der Waals surface area contributed by atoms with Crippen molar-refractivity contribution in [3.05, 3.63) is 142 Å². The molecule has 0 bridgehead atoms. The highest BCUT2D eigenvalue weighted by Crippen LogP contribution is 2.37. The molecule has 6 nitrogen and oxygen atoms in total. The number of hydrogen-bond donors (Lipinski definition) is 2. The van der Waals surface area contributed by atoms with Crippen LogP contribution in [0, 0.1) is 0 Å². The summed E-state index contributed by atoms with van der Waals surface area (Å²) >= 11 is 3.58. The van der Waals surface area contributed by atoms with Crippen molar-refractivity contribution in [2.24, 2.45) is 5.10 Å². The van der Waals surface area contributed by atoms with Crippen LogP contribution in [0.5, 0.6) is 11.5 Å². The maximum absolute atomic E-state index is 13.3. The van der Waals surface area contributed by atoms with Gasteiger partial charge in [-0.25, -0.2) is 5.43 Å². The lowest BCUT2D eigenvalue weighted by molar-refractivity contribution is -0.136. The Morgan fingerprint density at radius 1 is 0.900 bits per heavy atom. The molecular weight excluding hydrogens is 568 g/mol. The smallest absolute Gasteiger partial charge is 0.281 e. The third kappa shape index (κ3) is 5.61. The second kappa shape index (κ2) is 12.2. The van der Waals surface area contributed by atoms with Crippen molar-refractivity contribution in [2.45, 2.75) is 12.2 Å². The van der Waals surface area contributed by atoms with Gasteiger partial charge in [0, 0.05) is 0 Å². The lowest BCUT2D eigenvalue weighted by Gasteiger charge is -2.27. The van der Waals surface area contributed by atoms with Gasteiger partial charge in [-0.05, 0) is 61.1 Å². The zero-order chi connectivity index (χ0) is 28.0. The van der Waals surface area contributed by atoms with Gasteiger partial charge in [-0.2, -0.15) is 5.10 Å².